The van der Waals surface area contributed by atoms with Crippen molar-refractivity contribution < 1.29 is 9.59 Å². The molecule has 0 aliphatic heterocycles. The third kappa shape index (κ3) is 6.01. The lowest BCUT2D eigenvalue weighted by molar-refractivity contribution is -0.113. The summed E-state index contributed by atoms with van der Waals surface area (Å²) in [5.41, 5.74) is 3.73. The van der Waals surface area contributed by atoms with Gasteiger partial charge in [-0.15, -0.1) is 10.2 Å². The van der Waals surface area contributed by atoms with Crippen LogP contribution in [0.4, 0.5) is 11.4 Å². The van der Waals surface area contributed by atoms with Crippen LogP contribution in [0.25, 0.3) is 11.3 Å². The lowest BCUT2D eigenvalue weighted by Crippen LogP contribution is -2.18. The van der Waals surface area contributed by atoms with Gasteiger partial charge in [-0.05, 0) is 49.2 Å². The van der Waals surface area contributed by atoms with Crippen molar-refractivity contribution in [3.63, 3.8) is 0 Å². The Morgan fingerprint density at radius 2 is 1.63 bits per heavy atom. The zero-order valence-corrected chi connectivity index (χ0v) is 20.0. The van der Waals surface area contributed by atoms with Crippen LogP contribution < -0.4 is 16.2 Å². The van der Waals surface area contributed by atoms with Crippen molar-refractivity contribution in [2.45, 2.75) is 19.0 Å². The van der Waals surface area contributed by atoms with E-state index < -0.39 is 5.56 Å². The Labute approximate surface area is 206 Å². The van der Waals surface area contributed by atoms with E-state index in [4.69, 9.17) is 0 Å². The number of hydrogen-bond acceptors (Lipinski definition) is 6. The molecule has 4 rings (SSSR count). The molecule has 0 unspecified atom stereocenters. The van der Waals surface area contributed by atoms with Gasteiger partial charge in [-0.1, -0.05) is 60.3 Å². The third-order valence-corrected chi connectivity index (χ3v) is 6.01. The van der Waals surface area contributed by atoms with Crippen LogP contribution in [-0.4, -0.2) is 32.7 Å². The number of hydrogen-bond donors (Lipinski definition) is 3. The fourth-order valence-corrected chi connectivity index (χ4v) is 3.94. The smallest absolute Gasteiger partial charge is 0.278 e. The van der Waals surface area contributed by atoms with Crippen molar-refractivity contribution in [2.24, 2.45) is 0 Å². The van der Waals surface area contributed by atoms with Gasteiger partial charge in [-0.2, -0.15) is 0 Å². The Morgan fingerprint density at radius 1 is 0.886 bits per heavy atom. The number of carbonyl (C=O) groups excluding carboxylic acids is 2. The minimum atomic E-state index is -0.473. The first kappa shape index (κ1) is 23.9. The molecule has 8 nitrogen and oxygen atoms in total. The van der Waals surface area contributed by atoms with Crippen molar-refractivity contribution in [2.75, 3.05) is 16.4 Å². The molecule has 0 fully saturated rings. The van der Waals surface area contributed by atoms with Gasteiger partial charge in [0.05, 0.1) is 11.4 Å². The number of nitrogens with one attached hydrogen (secondary N) is 3. The summed E-state index contributed by atoms with van der Waals surface area (Å²) in [5.74, 6) is -0.463. The average Bonchev–Trinajstić information content (AvgIpc) is 2.86. The number of nitrogens with zero attached hydrogens (tertiary/aromatic N) is 2. The van der Waals surface area contributed by atoms with Gasteiger partial charge in [0.15, 0.2) is 10.9 Å². The molecule has 0 atom stereocenters. The molecule has 0 radical (unpaired) electrons. The maximum absolute atomic E-state index is 12.8. The summed E-state index contributed by atoms with van der Waals surface area (Å²) in [6, 6.07) is 21.5. The molecule has 0 aliphatic carbocycles. The quantitative estimate of drug-likeness (QED) is 0.334. The maximum Gasteiger partial charge on any atom is 0.278 e. The van der Waals surface area contributed by atoms with Crippen LogP contribution in [0.1, 0.15) is 21.5 Å². The van der Waals surface area contributed by atoms with Gasteiger partial charge in [-0.25, -0.2) is 0 Å². The molecule has 0 saturated carbocycles. The van der Waals surface area contributed by atoms with Crippen molar-refractivity contribution in [1.29, 1.82) is 0 Å². The van der Waals surface area contributed by atoms with E-state index >= 15 is 0 Å². The van der Waals surface area contributed by atoms with E-state index in [9.17, 15) is 14.4 Å². The van der Waals surface area contributed by atoms with Gasteiger partial charge in [0, 0.05) is 16.8 Å². The molecule has 0 aliphatic rings. The van der Waals surface area contributed by atoms with E-state index in [-0.39, 0.29) is 28.4 Å². The topological polar surface area (TPSA) is 117 Å². The molecule has 2 amide bonds. The number of rotatable bonds is 7. The number of amides is 2. The Morgan fingerprint density at radius 3 is 2.40 bits per heavy atom. The van der Waals surface area contributed by atoms with Crippen molar-refractivity contribution in [3.8, 4) is 11.3 Å². The van der Waals surface area contributed by atoms with Crippen LogP contribution in [0.2, 0.25) is 0 Å². The standard InChI is InChI=1S/C26H23N5O3S/c1-16-12-13-17(2)21(14-16)27-22(32)15-35-26-29-25(34)23(30-31-26)19-10-6-7-11-20(19)28-24(33)18-8-4-3-5-9-18/h3-14H,15H2,1-2H3,(H,27,32)(H,28,33)(H,29,31,34). The second-order valence-electron chi connectivity index (χ2n) is 7.83. The van der Waals surface area contributed by atoms with E-state index in [1.54, 1.807) is 48.5 Å². The minimum Gasteiger partial charge on any atom is -0.325 e. The Balaban J connectivity index is 1.46. The van der Waals surface area contributed by atoms with E-state index in [0.29, 0.717) is 16.8 Å². The molecule has 0 spiro atoms. The van der Waals surface area contributed by atoms with Crippen LogP contribution in [0, 0.1) is 13.8 Å². The summed E-state index contributed by atoms with van der Waals surface area (Å²) in [7, 11) is 0. The summed E-state index contributed by atoms with van der Waals surface area (Å²) in [4.78, 5) is 40.4. The van der Waals surface area contributed by atoms with Crippen LogP contribution in [0.3, 0.4) is 0 Å². The predicted octanol–water partition coefficient (Wildman–Crippen LogP) is 4.43. The molecule has 35 heavy (non-hydrogen) atoms. The average molecular weight is 486 g/mol. The zero-order chi connectivity index (χ0) is 24.8. The van der Waals surface area contributed by atoms with E-state index in [0.717, 1.165) is 28.6 Å². The number of aromatic amines is 1. The molecular weight excluding hydrogens is 462 g/mol. The molecule has 1 heterocycles. The number of H-pyrrole nitrogens is 1. The first-order valence-electron chi connectivity index (χ1n) is 10.8. The van der Waals surface area contributed by atoms with Gasteiger partial charge in [0.2, 0.25) is 5.91 Å². The van der Waals surface area contributed by atoms with Crippen molar-refractivity contribution >= 4 is 35.0 Å². The second kappa shape index (κ2) is 10.8. The molecule has 3 N–H and O–H groups in total. The molecule has 0 saturated heterocycles. The number of aryl methyl sites for hydroxylation is 2. The molecule has 176 valence electrons. The first-order chi connectivity index (χ1) is 16.9. The van der Waals surface area contributed by atoms with Gasteiger partial charge in [0.1, 0.15) is 0 Å². The SMILES string of the molecule is Cc1ccc(C)c(NC(=O)CSc2nnc(-c3ccccc3NC(=O)c3ccccc3)c(=O)[nH]2)c1. The van der Waals surface area contributed by atoms with E-state index in [1.807, 2.05) is 38.1 Å². The van der Waals surface area contributed by atoms with Gasteiger partial charge in [0.25, 0.3) is 11.5 Å². The largest absolute Gasteiger partial charge is 0.325 e. The molecule has 9 heteroatoms. The fourth-order valence-electron chi connectivity index (χ4n) is 3.34. The van der Waals surface area contributed by atoms with Crippen LogP contribution in [-0.2, 0) is 4.79 Å². The fraction of sp³-hybridized carbons (Fsp3) is 0.115. The molecular formula is C26H23N5O3S. The molecule has 4 aromatic rings. The normalized spacial score (nSPS) is 10.6. The van der Waals surface area contributed by atoms with E-state index in [1.165, 1.54) is 0 Å². The summed E-state index contributed by atoms with van der Waals surface area (Å²) in [5, 5.41) is 14.1. The zero-order valence-electron chi connectivity index (χ0n) is 19.2. The summed E-state index contributed by atoms with van der Waals surface area (Å²) >= 11 is 1.08. The highest BCUT2D eigenvalue weighted by Gasteiger charge is 2.15. The Hall–Kier alpha value is -4.24. The monoisotopic (exact) mass is 485 g/mol. The number of thioether (sulfide) groups is 1. The second-order valence-corrected chi connectivity index (χ2v) is 8.79. The number of aromatic nitrogens is 3. The van der Waals surface area contributed by atoms with Crippen LogP contribution in [0.5, 0.6) is 0 Å². The van der Waals surface area contributed by atoms with Crippen molar-refractivity contribution in [3.05, 3.63) is 99.8 Å². The predicted molar refractivity (Wildman–Crippen MR) is 138 cm³/mol. The lowest BCUT2D eigenvalue weighted by Gasteiger charge is -2.10. The first-order valence-corrected chi connectivity index (χ1v) is 11.8. The van der Waals surface area contributed by atoms with Gasteiger partial charge in [-0.3, -0.25) is 19.4 Å². The lowest BCUT2D eigenvalue weighted by atomic mass is 10.1. The number of para-hydroxylation sites is 1. The highest BCUT2D eigenvalue weighted by molar-refractivity contribution is 7.99. The minimum absolute atomic E-state index is 0.0566. The Bertz CT molecular complexity index is 1440. The highest BCUT2D eigenvalue weighted by Crippen LogP contribution is 2.25. The molecule has 0 bridgehead atoms. The summed E-state index contributed by atoms with van der Waals surface area (Å²) in [6.45, 7) is 3.88. The number of carbonyl (C=O) groups is 2. The molecule has 1 aromatic heterocycles. The van der Waals surface area contributed by atoms with Crippen molar-refractivity contribution in [1.82, 2.24) is 15.2 Å². The number of benzene rings is 3. The summed E-state index contributed by atoms with van der Waals surface area (Å²) < 4.78 is 0. The number of anilines is 2. The van der Waals surface area contributed by atoms with Crippen LogP contribution >= 0.6 is 11.8 Å². The maximum atomic E-state index is 12.8. The van der Waals surface area contributed by atoms with Crippen LogP contribution in [0.15, 0.2) is 82.7 Å². The van der Waals surface area contributed by atoms with Gasteiger partial charge >= 0.3 is 0 Å². The Kier molecular flexibility index (Phi) is 7.37. The third-order valence-electron chi connectivity index (χ3n) is 5.15. The van der Waals surface area contributed by atoms with E-state index in [2.05, 4.69) is 25.8 Å². The highest BCUT2D eigenvalue weighted by atomic mass is 32.2. The molecule has 3 aromatic carbocycles. The summed E-state index contributed by atoms with van der Waals surface area (Å²) in [6.07, 6.45) is 0. The van der Waals surface area contributed by atoms with Gasteiger partial charge < -0.3 is 10.6 Å².